The molecule has 1 aromatic carbocycles. The van der Waals surface area contributed by atoms with Crippen molar-refractivity contribution in [2.45, 2.75) is 19.0 Å². The molecule has 0 fully saturated rings. The third-order valence-electron chi connectivity index (χ3n) is 4.39. The van der Waals surface area contributed by atoms with Gasteiger partial charge in [-0.1, -0.05) is 12.2 Å². The van der Waals surface area contributed by atoms with Crippen molar-refractivity contribution in [3.8, 4) is 23.1 Å². The summed E-state index contributed by atoms with van der Waals surface area (Å²) in [6.45, 7) is -0.119. The molecule has 2 aliphatic rings. The Bertz CT molecular complexity index is 1070. The van der Waals surface area contributed by atoms with Gasteiger partial charge in [-0.05, 0) is 37.1 Å². The number of carbonyl (C=O) groups excluding carboxylic acids is 1. The van der Waals surface area contributed by atoms with E-state index in [1.165, 1.54) is 6.07 Å². The van der Waals surface area contributed by atoms with E-state index in [0.29, 0.717) is 35.5 Å². The van der Waals surface area contributed by atoms with Gasteiger partial charge in [-0.3, -0.25) is 4.79 Å². The maximum Gasteiger partial charge on any atom is 0.435 e. The van der Waals surface area contributed by atoms with Crippen LogP contribution >= 0.6 is 0 Å². The SMILES string of the molecule is N#CC1=CCCC=C1n1nc(C(F)(F)F)cc1-c1ccc2c(c1)NC(=O)CO2. The number of nitrogens with zero attached hydrogens (tertiary/aromatic N) is 3. The standard InChI is InChI=1S/C19H13F3N4O2/c20-19(21,22)17-8-15(26(25-17)14-4-2-1-3-12(14)9-23)11-5-6-16-13(7-11)24-18(27)10-28-16/h3-8H,1-2,10H2,(H,24,27). The van der Waals surface area contributed by atoms with Crippen molar-refractivity contribution in [2.75, 3.05) is 11.9 Å². The van der Waals surface area contributed by atoms with Crippen LogP contribution in [0.2, 0.25) is 0 Å². The Morgan fingerprint density at radius 3 is 2.75 bits per heavy atom. The first-order chi connectivity index (χ1) is 13.4. The summed E-state index contributed by atoms with van der Waals surface area (Å²) in [5.41, 5.74) is 0.421. The Labute approximate surface area is 157 Å². The predicted octanol–water partition coefficient (Wildman–Crippen LogP) is 3.98. The van der Waals surface area contributed by atoms with Crippen LogP contribution in [0.1, 0.15) is 18.5 Å². The van der Waals surface area contributed by atoms with Crippen LogP contribution in [0, 0.1) is 11.3 Å². The molecule has 1 aliphatic carbocycles. The zero-order valence-electron chi connectivity index (χ0n) is 14.4. The lowest BCUT2D eigenvalue weighted by Crippen LogP contribution is -2.25. The monoisotopic (exact) mass is 386 g/mol. The first-order valence-corrected chi connectivity index (χ1v) is 8.42. The molecule has 0 atom stereocenters. The van der Waals surface area contributed by atoms with Crippen LogP contribution in [-0.2, 0) is 11.0 Å². The number of nitrogens with one attached hydrogen (secondary N) is 1. The number of benzene rings is 1. The number of hydrogen-bond donors (Lipinski definition) is 1. The summed E-state index contributed by atoms with van der Waals surface area (Å²) in [5, 5.41) is 15.7. The normalized spacial score (nSPS) is 16.3. The Balaban J connectivity index is 1.87. The fourth-order valence-corrected chi connectivity index (χ4v) is 3.12. The number of ether oxygens (including phenoxy) is 1. The van der Waals surface area contributed by atoms with Crippen molar-refractivity contribution in [1.82, 2.24) is 9.78 Å². The highest BCUT2D eigenvalue weighted by molar-refractivity contribution is 5.96. The maximum atomic E-state index is 13.3. The average molecular weight is 386 g/mol. The second-order valence-electron chi connectivity index (χ2n) is 6.27. The summed E-state index contributed by atoms with van der Waals surface area (Å²) >= 11 is 0. The quantitative estimate of drug-likeness (QED) is 0.847. The molecule has 1 amide bonds. The van der Waals surface area contributed by atoms with E-state index >= 15 is 0 Å². The van der Waals surface area contributed by atoms with Crippen LogP contribution < -0.4 is 10.1 Å². The number of anilines is 1. The van der Waals surface area contributed by atoms with Crippen LogP contribution in [0.15, 0.2) is 42.0 Å². The van der Waals surface area contributed by atoms with Crippen LogP contribution in [0.3, 0.4) is 0 Å². The molecule has 9 heteroatoms. The molecule has 0 unspecified atom stereocenters. The molecule has 28 heavy (non-hydrogen) atoms. The maximum absolute atomic E-state index is 13.3. The summed E-state index contributed by atoms with van der Waals surface area (Å²) in [5.74, 6) is 0.0822. The minimum Gasteiger partial charge on any atom is -0.482 e. The van der Waals surface area contributed by atoms with Crippen molar-refractivity contribution in [2.24, 2.45) is 0 Å². The molecule has 0 bridgehead atoms. The van der Waals surface area contributed by atoms with Gasteiger partial charge in [0, 0.05) is 5.56 Å². The van der Waals surface area contributed by atoms with Gasteiger partial charge in [0.05, 0.1) is 22.7 Å². The van der Waals surface area contributed by atoms with E-state index in [9.17, 15) is 23.2 Å². The minimum absolute atomic E-state index is 0.119. The molecular weight excluding hydrogens is 373 g/mol. The zero-order chi connectivity index (χ0) is 19.9. The van der Waals surface area contributed by atoms with Crippen molar-refractivity contribution < 1.29 is 22.7 Å². The number of hydrogen-bond acceptors (Lipinski definition) is 4. The Kier molecular flexibility index (Phi) is 4.19. The van der Waals surface area contributed by atoms with E-state index in [1.807, 2.05) is 6.07 Å². The number of allylic oxidation sites excluding steroid dienone is 4. The first-order valence-electron chi connectivity index (χ1n) is 8.42. The summed E-state index contributed by atoms with van der Waals surface area (Å²) < 4.78 is 46.4. The summed E-state index contributed by atoms with van der Waals surface area (Å²) in [6, 6.07) is 7.62. The van der Waals surface area contributed by atoms with Gasteiger partial charge < -0.3 is 10.1 Å². The topological polar surface area (TPSA) is 79.9 Å². The summed E-state index contributed by atoms with van der Waals surface area (Å²) in [7, 11) is 0. The van der Waals surface area contributed by atoms with Crippen molar-refractivity contribution in [3.63, 3.8) is 0 Å². The highest BCUT2D eigenvalue weighted by Crippen LogP contribution is 2.38. The van der Waals surface area contributed by atoms with Gasteiger partial charge >= 0.3 is 6.18 Å². The molecule has 0 radical (unpaired) electrons. The first kappa shape index (κ1) is 17.9. The van der Waals surface area contributed by atoms with Crippen molar-refractivity contribution in [1.29, 1.82) is 5.26 Å². The number of aromatic nitrogens is 2. The van der Waals surface area contributed by atoms with Crippen LogP contribution in [0.25, 0.3) is 17.0 Å². The molecule has 142 valence electrons. The van der Waals surface area contributed by atoms with E-state index in [-0.39, 0.29) is 23.8 Å². The zero-order valence-corrected chi connectivity index (χ0v) is 14.4. The molecule has 0 spiro atoms. The Hall–Kier alpha value is -3.54. The lowest BCUT2D eigenvalue weighted by molar-refractivity contribution is -0.141. The van der Waals surface area contributed by atoms with E-state index < -0.39 is 11.9 Å². The van der Waals surface area contributed by atoms with Gasteiger partial charge in [-0.15, -0.1) is 0 Å². The van der Waals surface area contributed by atoms with Crippen LogP contribution in [-0.4, -0.2) is 22.3 Å². The Morgan fingerprint density at radius 2 is 2.00 bits per heavy atom. The number of carbonyl (C=O) groups is 1. The lowest BCUT2D eigenvalue weighted by atomic mass is 10.0. The molecule has 0 saturated heterocycles. The molecule has 1 N–H and O–H groups in total. The predicted molar refractivity (Wildman–Crippen MR) is 94.0 cm³/mol. The largest absolute Gasteiger partial charge is 0.482 e. The minimum atomic E-state index is -4.64. The van der Waals surface area contributed by atoms with E-state index in [2.05, 4.69) is 10.4 Å². The second kappa shape index (κ2) is 6.56. The highest BCUT2D eigenvalue weighted by Gasteiger charge is 2.36. The number of amides is 1. The molecule has 1 aromatic heterocycles. The van der Waals surface area contributed by atoms with Crippen molar-refractivity contribution in [3.05, 3.63) is 47.7 Å². The molecule has 0 saturated carbocycles. The van der Waals surface area contributed by atoms with Gasteiger partial charge in [-0.25, -0.2) is 4.68 Å². The molecule has 1 aliphatic heterocycles. The summed E-state index contributed by atoms with van der Waals surface area (Å²) in [6.07, 6.45) is -0.0443. The van der Waals surface area contributed by atoms with Gasteiger partial charge in [0.25, 0.3) is 5.91 Å². The third-order valence-corrected chi connectivity index (χ3v) is 4.39. The van der Waals surface area contributed by atoms with Gasteiger partial charge in [-0.2, -0.15) is 23.5 Å². The molecule has 6 nitrogen and oxygen atoms in total. The highest BCUT2D eigenvalue weighted by atomic mass is 19.4. The summed E-state index contributed by atoms with van der Waals surface area (Å²) in [4.78, 5) is 11.6. The number of alkyl halides is 3. The van der Waals surface area contributed by atoms with Crippen LogP contribution in [0.4, 0.5) is 18.9 Å². The molecule has 4 rings (SSSR count). The van der Waals surface area contributed by atoms with Gasteiger partial charge in [0.1, 0.15) is 11.8 Å². The lowest BCUT2D eigenvalue weighted by Gasteiger charge is -2.19. The smallest absolute Gasteiger partial charge is 0.435 e. The van der Waals surface area contributed by atoms with E-state index in [0.717, 1.165) is 10.7 Å². The number of rotatable bonds is 2. The molecule has 2 aromatic rings. The van der Waals surface area contributed by atoms with Crippen LogP contribution in [0.5, 0.6) is 5.75 Å². The second-order valence-corrected chi connectivity index (χ2v) is 6.27. The van der Waals surface area contributed by atoms with Gasteiger partial charge in [0.2, 0.25) is 0 Å². The molecule has 2 heterocycles. The number of nitriles is 1. The van der Waals surface area contributed by atoms with E-state index in [4.69, 9.17) is 4.74 Å². The molecular formula is C19H13F3N4O2. The third kappa shape index (κ3) is 3.13. The van der Waals surface area contributed by atoms with Gasteiger partial charge in [0.15, 0.2) is 12.3 Å². The average Bonchev–Trinajstić information content (AvgIpc) is 3.13. The van der Waals surface area contributed by atoms with E-state index in [1.54, 1.807) is 24.3 Å². The number of fused-ring (bicyclic) bond motifs is 1. The fourth-order valence-electron chi connectivity index (χ4n) is 3.12. The fraction of sp³-hybridized carbons (Fsp3) is 0.211. The Morgan fingerprint density at radius 1 is 1.21 bits per heavy atom. The van der Waals surface area contributed by atoms with Crippen molar-refractivity contribution >= 4 is 17.3 Å². The number of halogens is 3.